The first kappa shape index (κ1) is 18.2. The molecule has 1 aliphatic carbocycles. The van der Waals surface area contributed by atoms with E-state index >= 15 is 0 Å². The van der Waals surface area contributed by atoms with Crippen LogP contribution in [0.2, 0.25) is 0 Å². The molecule has 4 heteroatoms. The SMILES string of the molecule is O=C(COc1ccc2ccccc2c1)NN=C1CCC(c2ccccc2)CC1. The van der Waals surface area contributed by atoms with Crippen molar-refractivity contribution in [1.82, 2.24) is 5.43 Å². The van der Waals surface area contributed by atoms with Crippen LogP contribution >= 0.6 is 0 Å². The van der Waals surface area contributed by atoms with E-state index in [1.165, 1.54) is 5.56 Å². The number of nitrogens with one attached hydrogen (secondary N) is 1. The molecular weight excluding hydrogens is 348 g/mol. The molecule has 0 spiro atoms. The molecule has 4 rings (SSSR count). The van der Waals surface area contributed by atoms with Gasteiger partial charge in [-0.05, 0) is 60.1 Å². The van der Waals surface area contributed by atoms with Gasteiger partial charge in [-0.1, -0.05) is 60.7 Å². The minimum Gasteiger partial charge on any atom is -0.484 e. The highest BCUT2D eigenvalue weighted by Gasteiger charge is 2.19. The molecule has 0 aliphatic heterocycles. The highest BCUT2D eigenvalue weighted by atomic mass is 16.5. The zero-order valence-corrected chi connectivity index (χ0v) is 15.8. The third kappa shape index (κ3) is 4.58. The Kier molecular flexibility index (Phi) is 5.66. The maximum Gasteiger partial charge on any atom is 0.277 e. The average molecular weight is 372 g/mol. The molecule has 1 N–H and O–H groups in total. The second kappa shape index (κ2) is 8.70. The minimum atomic E-state index is -0.231. The highest BCUT2D eigenvalue weighted by molar-refractivity contribution is 5.87. The molecule has 0 saturated heterocycles. The number of hydrazone groups is 1. The monoisotopic (exact) mass is 372 g/mol. The molecule has 28 heavy (non-hydrogen) atoms. The Hall–Kier alpha value is -3.14. The van der Waals surface area contributed by atoms with Gasteiger partial charge in [-0.3, -0.25) is 4.79 Å². The van der Waals surface area contributed by atoms with Crippen molar-refractivity contribution >= 4 is 22.4 Å². The standard InChI is InChI=1S/C24H24N2O2/c27-24(17-28-23-15-12-19-8-4-5-9-21(19)16-23)26-25-22-13-10-20(11-14-22)18-6-2-1-3-7-18/h1-9,12,15-16,20H,10-11,13-14,17H2,(H,26,27). The fraction of sp³-hybridized carbons (Fsp3) is 0.250. The Morgan fingerprint density at radius 1 is 0.929 bits per heavy atom. The summed E-state index contributed by atoms with van der Waals surface area (Å²) in [6.45, 7) is -0.0399. The number of fused-ring (bicyclic) bond motifs is 1. The number of benzene rings is 3. The number of carbonyl (C=O) groups excluding carboxylic acids is 1. The van der Waals surface area contributed by atoms with Crippen molar-refractivity contribution in [2.45, 2.75) is 31.6 Å². The lowest BCUT2D eigenvalue weighted by Gasteiger charge is -2.23. The smallest absolute Gasteiger partial charge is 0.277 e. The van der Waals surface area contributed by atoms with Gasteiger partial charge in [0.15, 0.2) is 6.61 Å². The Bertz CT molecular complexity index is 972. The van der Waals surface area contributed by atoms with Gasteiger partial charge in [0.05, 0.1) is 0 Å². The van der Waals surface area contributed by atoms with E-state index in [1.807, 2.05) is 36.4 Å². The third-order valence-electron chi connectivity index (χ3n) is 5.26. The molecule has 0 heterocycles. The number of amides is 1. The summed E-state index contributed by atoms with van der Waals surface area (Å²) >= 11 is 0. The van der Waals surface area contributed by atoms with E-state index in [2.05, 4.69) is 46.9 Å². The summed E-state index contributed by atoms with van der Waals surface area (Å²) in [7, 11) is 0. The lowest BCUT2D eigenvalue weighted by atomic mass is 9.83. The normalized spacial score (nSPS) is 16.6. The van der Waals surface area contributed by atoms with Crippen LogP contribution in [0, 0.1) is 0 Å². The van der Waals surface area contributed by atoms with Gasteiger partial charge in [0.25, 0.3) is 5.91 Å². The first-order chi connectivity index (χ1) is 13.8. The van der Waals surface area contributed by atoms with Crippen molar-refractivity contribution in [3.05, 3.63) is 78.4 Å². The molecule has 1 aliphatic rings. The van der Waals surface area contributed by atoms with E-state index in [0.717, 1.165) is 42.2 Å². The first-order valence-corrected chi connectivity index (χ1v) is 9.79. The molecule has 0 bridgehead atoms. The Labute approximate surface area is 165 Å². The summed E-state index contributed by atoms with van der Waals surface area (Å²) in [5.74, 6) is 1.04. The van der Waals surface area contributed by atoms with Gasteiger partial charge in [-0.2, -0.15) is 5.10 Å². The van der Waals surface area contributed by atoms with Crippen LogP contribution in [0.1, 0.15) is 37.2 Å². The number of hydrogen-bond donors (Lipinski definition) is 1. The molecule has 1 saturated carbocycles. The Balaban J connectivity index is 1.25. The molecule has 1 amide bonds. The average Bonchev–Trinajstić information content (AvgIpc) is 2.77. The van der Waals surface area contributed by atoms with Crippen LogP contribution in [-0.4, -0.2) is 18.2 Å². The van der Waals surface area contributed by atoms with E-state index in [0.29, 0.717) is 11.7 Å². The fourth-order valence-electron chi connectivity index (χ4n) is 3.70. The van der Waals surface area contributed by atoms with Gasteiger partial charge >= 0.3 is 0 Å². The molecular formula is C24H24N2O2. The van der Waals surface area contributed by atoms with Crippen LogP contribution in [0.15, 0.2) is 77.9 Å². The number of hydrogen-bond acceptors (Lipinski definition) is 3. The molecule has 0 aromatic heterocycles. The maximum atomic E-state index is 12.1. The topological polar surface area (TPSA) is 50.7 Å². The van der Waals surface area contributed by atoms with Gasteiger partial charge in [-0.25, -0.2) is 5.43 Å². The third-order valence-corrected chi connectivity index (χ3v) is 5.26. The molecule has 3 aromatic rings. The fourth-order valence-corrected chi connectivity index (χ4v) is 3.70. The van der Waals surface area contributed by atoms with Crippen LogP contribution in [0.25, 0.3) is 10.8 Å². The van der Waals surface area contributed by atoms with Crippen LogP contribution in [0.4, 0.5) is 0 Å². The molecule has 0 radical (unpaired) electrons. The van der Waals surface area contributed by atoms with Crippen molar-refractivity contribution < 1.29 is 9.53 Å². The summed E-state index contributed by atoms with van der Waals surface area (Å²) < 4.78 is 5.61. The predicted molar refractivity (Wildman–Crippen MR) is 113 cm³/mol. The first-order valence-electron chi connectivity index (χ1n) is 9.79. The zero-order valence-electron chi connectivity index (χ0n) is 15.8. The summed E-state index contributed by atoms with van der Waals surface area (Å²) in [5, 5.41) is 6.55. The summed E-state index contributed by atoms with van der Waals surface area (Å²) in [5.41, 5.74) is 5.10. The van der Waals surface area contributed by atoms with Crippen molar-refractivity contribution in [2.75, 3.05) is 6.61 Å². The molecule has 0 atom stereocenters. The van der Waals surface area contributed by atoms with Crippen molar-refractivity contribution in [3.63, 3.8) is 0 Å². The van der Waals surface area contributed by atoms with Gasteiger partial charge in [0, 0.05) is 5.71 Å². The van der Waals surface area contributed by atoms with Crippen molar-refractivity contribution in [3.8, 4) is 5.75 Å². The lowest BCUT2D eigenvalue weighted by molar-refractivity contribution is -0.123. The van der Waals surface area contributed by atoms with Crippen LogP contribution < -0.4 is 10.2 Å². The number of nitrogens with zero attached hydrogens (tertiary/aromatic N) is 1. The van der Waals surface area contributed by atoms with E-state index < -0.39 is 0 Å². The maximum absolute atomic E-state index is 12.1. The molecule has 142 valence electrons. The molecule has 1 fully saturated rings. The molecule has 3 aromatic carbocycles. The number of carbonyl (C=O) groups is 1. The molecule has 0 unspecified atom stereocenters. The van der Waals surface area contributed by atoms with E-state index in [1.54, 1.807) is 0 Å². The lowest BCUT2D eigenvalue weighted by Crippen LogP contribution is -2.26. The largest absolute Gasteiger partial charge is 0.484 e. The quantitative estimate of drug-likeness (QED) is 0.637. The van der Waals surface area contributed by atoms with Gasteiger partial charge in [0.1, 0.15) is 5.75 Å². The van der Waals surface area contributed by atoms with Crippen molar-refractivity contribution in [2.24, 2.45) is 5.10 Å². The van der Waals surface area contributed by atoms with Gasteiger partial charge in [0.2, 0.25) is 0 Å². The minimum absolute atomic E-state index is 0.0399. The summed E-state index contributed by atoms with van der Waals surface area (Å²) in [6, 6.07) is 24.5. The van der Waals surface area contributed by atoms with E-state index in [-0.39, 0.29) is 12.5 Å². The van der Waals surface area contributed by atoms with Gasteiger partial charge < -0.3 is 4.74 Å². The van der Waals surface area contributed by atoms with E-state index in [4.69, 9.17) is 4.74 Å². The highest BCUT2D eigenvalue weighted by Crippen LogP contribution is 2.31. The summed E-state index contributed by atoms with van der Waals surface area (Å²) in [6.07, 6.45) is 4.00. The van der Waals surface area contributed by atoms with Gasteiger partial charge in [-0.15, -0.1) is 0 Å². The molecule has 4 nitrogen and oxygen atoms in total. The summed E-state index contributed by atoms with van der Waals surface area (Å²) in [4.78, 5) is 12.1. The second-order valence-electron chi connectivity index (χ2n) is 7.20. The Morgan fingerprint density at radius 2 is 1.64 bits per heavy atom. The Morgan fingerprint density at radius 3 is 2.43 bits per heavy atom. The zero-order chi connectivity index (χ0) is 19.2. The van der Waals surface area contributed by atoms with Crippen molar-refractivity contribution in [1.29, 1.82) is 0 Å². The predicted octanol–water partition coefficient (Wildman–Crippen LogP) is 5.05. The second-order valence-corrected chi connectivity index (χ2v) is 7.20. The number of ether oxygens (including phenoxy) is 1. The van der Waals surface area contributed by atoms with Crippen LogP contribution in [-0.2, 0) is 4.79 Å². The van der Waals surface area contributed by atoms with Crippen LogP contribution in [0.3, 0.4) is 0 Å². The van der Waals surface area contributed by atoms with E-state index in [9.17, 15) is 4.79 Å². The number of rotatable bonds is 5. The van der Waals surface area contributed by atoms with Crippen LogP contribution in [0.5, 0.6) is 5.75 Å².